The van der Waals surface area contributed by atoms with Crippen molar-refractivity contribution in [2.75, 3.05) is 18.8 Å². The average molecular weight is 247 g/mol. The SMILES string of the molecule is CCCNCCS(=O)c1ccc(F)cc1F. The van der Waals surface area contributed by atoms with Gasteiger partial charge in [-0.15, -0.1) is 0 Å². The Kier molecular flexibility index (Phi) is 5.55. The maximum Gasteiger partial charge on any atom is 0.142 e. The summed E-state index contributed by atoms with van der Waals surface area (Å²) in [4.78, 5) is 0.0692. The van der Waals surface area contributed by atoms with Gasteiger partial charge in [-0.1, -0.05) is 6.92 Å². The molecule has 0 aromatic heterocycles. The summed E-state index contributed by atoms with van der Waals surface area (Å²) in [5.74, 6) is -1.06. The molecule has 16 heavy (non-hydrogen) atoms. The number of rotatable bonds is 6. The van der Waals surface area contributed by atoms with Crippen molar-refractivity contribution >= 4 is 10.8 Å². The first kappa shape index (κ1) is 13.3. The summed E-state index contributed by atoms with van der Waals surface area (Å²) in [5.41, 5.74) is 0. The van der Waals surface area contributed by atoms with Gasteiger partial charge < -0.3 is 5.32 Å². The van der Waals surface area contributed by atoms with Gasteiger partial charge in [0.25, 0.3) is 0 Å². The van der Waals surface area contributed by atoms with Gasteiger partial charge in [0.15, 0.2) is 0 Å². The molecule has 0 aliphatic rings. The zero-order valence-corrected chi connectivity index (χ0v) is 9.95. The normalized spacial score (nSPS) is 12.7. The molecule has 2 nitrogen and oxygen atoms in total. The van der Waals surface area contributed by atoms with Crippen molar-refractivity contribution in [2.24, 2.45) is 0 Å². The van der Waals surface area contributed by atoms with Crippen LogP contribution in [0, 0.1) is 11.6 Å². The van der Waals surface area contributed by atoms with Crippen LogP contribution in [0.15, 0.2) is 23.1 Å². The third-order valence-corrected chi connectivity index (χ3v) is 3.43. The van der Waals surface area contributed by atoms with Gasteiger partial charge in [0.05, 0.1) is 15.7 Å². The lowest BCUT2D eigenvalue weighted by Crippen LogP contribution is -2.21. The highest BCUT2D eigenvalue weighted by atomic mass is 32.2. The fraction of sp³-hybridized carbons (Fsp3) is 0.455. The van der Waals surface area contributed by atoms with E-state index in [0.717, 1.165) is 25.1 Å². The monoisotopic (exact) mass is 247 g/mol. The topological polar surface area (TPSA) is 29.1 Å². The van der Waals surface area contributed by atoms with Crippen LogP contribution < -0.4 is 5.32 Å². The van der Waals surface area contributed by atoms with E-state index in [2.05, 4.69) is 5.32 Å². The molecule has 0 aliphatic carbocycles. The van der Waals surface area contributed by atoms with Gasteiger partial charge in [-0.2, -0.15) is 0 Å². The second kappa shape index (κ2) is 6.70. The highest BCUT2D eigenvalue weighted by Crippen LogP contribution is 2.13. The fourth-order valence-electron chi connectivity index (χ4n) is 1.24. The van der Waals surface area contributed by atoms with Gasteiger partial charge in [0.1, 0.15) is 11.6 Å². The molecule has 0 saturated carbocycles. The van der Waals surface area contributed by atoms with Crippen molar-refractivity contribution in [2.45, 2.75) is 18.2 Å². The van der Waals surface area contributed by atoms with Crippen molar-refractivity contribution in [1.29, 1.82) is 0 Å². The first-order chi connectivity index (χ1) is 7.65. The molecule has 0 heterocycles. The molecule has 1 unspecified atom stereocenters. The van der Waals surface area contributed by atoms with Crippen molar-refractivity contribution in [1.82, 2.24) is 5.32 Å². The molecule has 90 valence electrons. The molecule has 0 bridgehead atoms. The van der Waals surface area contributed by atoms with E-state index in [0.29, 0.717) is 12.3 Å². The molecular weight excluding hydrogens is 232 g/mol. The summed E-state index contributed by atoms with van der Waals surface area (Å²) in [6, 6.07) is 3.11. The highest BCUT2D eigenvalue weighted by molar-refractivity contribution is 7.85. The molecule has 0 radical (unpaired) electrons. The maximum atomic E-state index is 13.2. The molecule has 1 aromatic rings. The lowest BCUT2D eigenvalue weighted by Gasteiger charge is -2.04. The van der Waals surface area contributed by atoms with E-state index in [1.807, 2.05) is 6.92 Å². The quantitative estimate of drug-likeness (QED) is 0.780. The third kappa shape index (κ3) is 3.98. The van der Waals surface area contributed by atoms with Crippen molar-refractivity contribution < 1.29 is 13.0 Å². The lowest BCUT2D eigenvalue weighted by atomic mass is 10.3. The van der Waals surface area contributed by atoms with E-state index < -0.39 is 22.4 Å². The second-order valence-corrected chi connectivity index (χ2v) is 4.91. The van der Waals surface area contributed by atoms with Crippen LogP contribution in [0.2, 0.25) is 0 Å². The molecular formula is C11H15F2NOS. The third-order valence-electron chi connectivity index (χ3n) is 2.03. The van der Waals surface area contributed by atoms with Crippen molar-refractivity contribution in [3.63, 3.8) is 0 Å². The van der Waals surface area contributed by atoms with Gasteiger partial charge in [-0.05, 0) is 25.1 Å². The molecule has 0 saturated heterocycles. The summed E-state index contributed by atoms with van der Waals surface area (Å²) in [7, 11) is -1.41. The second-order valence-electron chi connectivity index (χ2n) is 3.37. The Labute approximate surface area is 96.5 Å². The molecule has 1 aromatic carbocycles. The smallest absolute Gasteiger partial charge is 0.142 e. The fourth-order valence-corrected chi connectivity index (χ4v) is 2.28. The van der Waals surface area contributed by atoms with E-state index in [4.69, 9.17) is 0 Å². The number of hydrogen-bond acceptors (Lipinski definition) is 2. The van der Waals surface area contributed by atoms with Crippen LogP contribution in [0.5, 0.6) is 0 Å². The largest absolute Gasteiger partial charge is 0.316 e. The van der Waals surface area contributed by atoms with Crippen molar-refractivity contribution in [3.8, 4) is 0 Å². The Morgan fingerprint density at radius 1 is 1.31 bits per heavy atom. The van der Waals surface area contributed by atoms with E-state index >= 15 is 0 Å². The Bertz CT molecular complexity index is 371. The van der Waals surface area contributed by atoms with Gasteiger partial charge in [-0.3, -0.25) is 4.21 Å². The van der Waals surface area contributed by atoms with E-state index in [-0.39, 0.29) is 4.90 Å². The van der Waals surface area contributed by atoms with Gasteiger partial charge in [0.2, 0.25) is 0 Å². The minimum atomic E-state index is -1.41. The van der Waals surface area contributed by atoms with Crippen LogP contribution in [0.1, 0.15) is 13.3 Å². The van der Waals surface area contributed by atoms with Crippen LogP contribution in [-0.4, -0.2) is 23.1 Å². The average Bonchev–Trinajstić information content (AvgIpc) is 2.24. The predicted molar refractivity (Wildman–Crippen MR) is 60.8 cm³/mol. The molecule has 0 spiro atoms. The molecule has 5 heteroatoms. The molecule has 1 atom stereocenters. The first-order valence-electron chi connectivity index (χ1n) is 5.19. The summed E-state index contributed by atoms with van der Waals surface area (Å²) in [6.45, 7) is 3.45. The van der Waals surface area contributed by atoms with E-state index in [9.17, 15) is 13.0 Å². The molecule has 0 fully saturated rings. The van der Waals surface area contributed by atoms with Crippen LogP contribution >= 0.6 is 0 Å². The van der Waals surface area contributed by atoms with Crippen molar-refractivity contribution in [3.05, 3.63) is 29.8 Å². The zero-order valence-electron chi connectivity index (χ0n) is 9.13. The molecule has 0 amide bonds. The maximum absolute atomic E-state index is 13.2. The predicted octanol–water partition coefficient (Wildman–Crippen LogP) is 2.07. The van der Waals surface area contributed by atoms with Crippen LogP contribution in [-0.2, 0) is 10.8 Å². The summed E-state index contributed by atoms with van der Waals surface area (Å²) in [5, 5.41) is 3.08. The summed E-state index contributed by atoms with van der Waals surface area (Å²) >= 11 is 0. The Balaban J connectivity index is 2.53. The van der Waals surface area contributed by atoms with Gasteiger partial charge in [0, 0.05) is 18.4 Å². The Morgan fingerprint density at radius 3 is 2.69 bits per heavy atom. The standard InChI is InChI=1S/C11H15F2NOS/c1-2-5-14-6-7-16(15)11-4-3-9(12)8-10(11)13/h3-4,8,14H,2,5-7H2,1H3. The molecule has 1 rings (SSSR count). The first-order valence-corrected chi connectivity index (χ1v) is 6.51. The van der Waals surface area contributed by atoms with Crippen LogP contribution in [0.25, 0.3) is 0 Å². The minimum absolute atomic E-state index is 0.0692. The molecule has 0 aliphatic heterocycles. The lowest BCUT2D eigenvalue weighted by molar-refractivity contribution is 0.562. The number of hydrogen-bond donors (Lipinski definition) is 1. The summed E-state index contributed by atoms with van der Waals surface area (Å²) < 4.78 is 37.5. The van der Waals surface area contributed by atoms with E-state index in [1.165, 1.54) is 6.07 Å². The zero-order chi connectivity index (χ0) is 12.0. The minimum Gasteiger partial charge on any atom is -0.316 e. The summed E-state index contributed by atoms with van der Waals surface area (Å²) in [6.07, 6.45) is 0.998. The Morgan fingerprint density at radius 2 is 2.06 bits per heavy atom. The van der Waals surface area contributed by atoms with E-state index in [1.54, 1.807) is 0 Å². The van der Waals surface area contributed by atoms with Gasteiger partial charge in [-0.25, -0.2) is 8.78 Å². The molecule has 1 N–H and O–H groups in total. The van der Waals surface area contributed by atoms with Gasteiger partial charge >= 0.3 is 0 Å². The van der Waals surface area contributed by atoms with Crippen LogP contribution in [0.4, 0.5) is 8.78 Å². The Hall–Kier alpha value is -0.810. The number of benzene rings is 1. The highest BCUT2D eigenvalue weighted by Gasteiger charge is 2.10. The number of nitrogens with one attached hydrogen (secondary N) is 1. The van der Waals surface area contributed by atoms with Crippen LogP contribution in [0.3, 0.4) is 0 Å². The number of halogens is 2.